The van der Waals surface area contributed by atoms with Gasteiger partial charge in [-0.3, -0.25) is 9.36 Å². The molecule has 0 atom stereocenters. The Morgan fingerprint density at radius 2 is 2.03 bits per heavy atom. The first-order valence-electron chi connectivity index (χ1n) is 9.61. The number of aromatic nitrogens is 4. The monoisotopic (exact) mass is 404 g/mol. The fourth-order valence-corrected chi connectivity index (χ4v) is 4.03. The van der Waals surface area contributed by atoms with E-state index < -0.39 is 0 Å². The SMILES string of the molecule is Nc1cc(NCCc2ccccc2)nc2c1nc(-c1nccs1)c(=O)n2C1CC1. The van der Waals surface area contributed by atoms with Gasteiger partial charge < -0.3 is 11.1 Å². The van der Waals surface area contributed by atoms with E-state index in [-0.39, 0.29) is 11.6 Å². The smallest absolute Gasteiger partial charge is 0.281 e. The zero-order valence-electron chi connectivity index (χ0n) is 15.7. The minimum absolute atomic E-state index is 0.150. The third-order valence-electron chi connectivity index (χ3n) is 4.99. The average molecular weight is 404 g/mol. The number of pyridine rings is 1. The number of benzene rings is 1. The van der Waals surface area contributed by atoms with Crippen molar-refractivity contribution in [3.63, 3.8) is 0 Å². The number of fused-ring (bicyclic) bond motifs is 1. The van der Waals surface area contributed by atoms with E-state index in [4.69, 9.17) is 10.7 Å². The van der Waals surface area contributed by atoms with Crippen LogP contribution in [0.25, 0.3) is 21.9 Å². The topological polar surface area (TPSA) is 98.7 Å². The molecule has 1 aromatic carbocycles. The van der Waals surface area contributed by atoms with Crippen molar-refractivity contribution >= 4 is 34.0 Å². The number of nitrogens with one attached hydrogen (secondary N) is 1. The van der Waals surface area contributed by atoms with E-state index in [2.05, 4.69) is 27.4 Å². The molecule has 0 bridgehead atoms. The van der Waals surface area contributed by atoms with Crippen molar-refractivity contribution in [3.8, 4) is 10.7 Å². The molecule has 8 heteroatoms. The second-order valence-electron chi connectivity index (χ2n) is 7.14. The van der Waals surface area contributed by atoms with Crippen LogP contribution in [-0.2, 0) is 6.42 Å². The maximum atomic E-state index is 13.2. The second-order valence-corrected chi connectivity index (χ2v) is 8.03. The standard InChI is InChI=1S/C21H20N6OS/c22-15-12-16(23-9-8-13-4-2-1-3-5-13)25-19-17(15)26-18(20-24-10-11-29-20)21(28)27(19)14-6-7-14/h1-5,10-12,14H,6-9H2,(H3,22,23,25). The first kappa shape index (κ1) is 17.8. The van der Waals surface area contributed by atoms with E-state index >= 15 is 0 Å². The van der Waals surface area contributed by atoms with Crippen LogP contribution in [0.4, 0.5) is 11.5 Å². The van der Waals surface area contributed by atoms with Crippen LogP contribution in [0, 0.1) is 0 Å². The first-order chi connectivity index (χ1) is 14.2. The second kappa shape index (κ2) is 7.29. The molecule has 7 nitrogen and oxygen atoms in total. The Morgan fingerprint density at radius 1 is 1.21 bits per heavy atom. The highest BCUT2D eigenvalue weighted by Gasteiger charge is 2.30. The van der Waals surface area contributed by atoms with Gasteiger partial charge in [-0.1, -0.05) is 30.3 Å². The van der Waals surface area contributed by atoms with Gasteiger partial charge >= 0.3 is 0 Å². The number of nitrogen functional groups attached to an aromatic ring is 1. The fourth-order valence-electron chi connectivity index (χ4n) is 3.42. The Bertz CT molecular complexity index is 1220. The first-order valence-corrected chi connectivity index (χ1v) is 10.5. The van der Waals surface area contributed by atoms with Crippen LogP contribution in [-0.4, -0.2) is 26.1 Å². The lowest BCUT2D eigenvalue weighted by molar-refractivity contribution is 0.726. The lowest BCUT2D eigenvalue weighted by atomic mass is 10.1. The third-order valence-corrected chi connectivity index (χ3v) is 5.77. The van der Waals surface area contributed by atoms with Gasteiger partial charge in [0.15, 0.2) is 11.3 Å². The molecule has 0 spiro atoms. The van der Waals surface area contributed by atoms with Gasteiger partial charge in [-0.15, -0.1) is 11.3 Å². The molecule has 29 heavy (non-hydrogen) atoms. The van der Waals surface area contributed by atoms with Gasteiger partial charge in [0, 0.05) is 30.2 Å². The molecule has 1 aliphatic carbocycles. The zero-order valence-corrected chi connectivity index (χ0v) is 16.5. The Kier molecular flexibility index (Phi) is 4.48. The Labute approximate surface area is 171 Å². The van der Waals surface area contributed by atoms with Crippen LogP contribution in [0.15, 0.2) is 52.8 Å². The summed E-state index contributed by atoms with van der Waals surface area (Å²) >= 11 is 1.40. The summed E-state index contributed by atoms with van der Waals surface area (Å²) in [5.74, 6) is 0.656. The number of nitrogens with zero attached hydrogens (tertiary/aromatic N) is 4. The van der Waals surface area contributed by atoms with Crippen LogP contribution in [0.3, 0.4) is 0 Å². The van der Waals surface area contributed by atoms with E-state index in [1.807, 2.05) is 23.6 Å². The number of rotatable bonds is 6. The van der Waals surface area contributed by atoms with Gasteiger partial charge in [-0.25, -0.2) is 15.0 Å². The van der Waals surface area contributed by atoms with Crippen LogP contribution < -0.4 is 16.6 Å². The predicted molar refractivity (Wildman–Crippen MR) is 116 cm³/mol. The highest BCUT2D eigenvalue weighted by atomic mass is 32.1. The molecule has 0 aliphatic heterocycles. The lowest BCUT2D eigenvalue weighted by Gasteiger charge is -2.13. The summed E-state index contributed by atoms with van der Waals surface area (Å²) in [7, 11) is 0. The minimum atomic E-state index is -0.150. The maximum absolute atomic E-state index is 13.2. The highest BCUT2D eigenvalue weighted by molar-refractivity contribution is 7.13. The van der Waals surface area contributed by atoms with Crippen molar-refractivity contribution in [3.05, 3.63) is 63.9 Å². The van der Waals surface area contributed by atoms with Gasteiger partial charge in [0.25, 0.3) is 5.56 Å². The number of nitrogens with two attached hydrogens (primary N) is 1. The lowest BCUT2D eigenvalue weighted by Crippen LogP contribution is -2.24. The van der Waals surface area contributed by atoms with Gasteiger partial charge in [0.05, 0.1) is 5.69 Å². The normalized spacial score (nSPS) is 13.7. The highest BCUT2D eigenvalue weighted by Crippen LogP contribution is 2.37. The molecule has 1 fully saturated rings. The van der Waals surface area contributed by atoms with Crippen molar-refractivity contribution in [1.82, 2.24) is 19.5 Å². The molecule has 1 aliphatic rings. The molecule has 3 heterocycles. The van der Waals surface area contributed by atoms with E-state index in [9.17, 15) is 4.79 Å². The van der Waals surface area contributed by atoms with E-state index in [0.29, 0.717) is 33.4 Å². The van der Waals surface area contributed by atoms with Crippen LogP contribution in [0.2, 0.25) is 0 Å². The number of hydrogen-bond acceptors (Lipinski definition) is 7. The van der Waals surface area contributed by atoms with Crippen molar-refractivity contribution in [1.29, 1.82) is 0 Å². The summed E-state index contributed by atoms with van der Waals surface area (Å²) in [6.07, 6.45) is 4.47. The number of thiazole rings is 1. The molecule has 1 saturated carbocycles. The summed E-state index contributed by atoms with van der Waals surface area (Å²) < 4.78 is 1.75. The molecule has 0 unspecified atom stereocenters. The summed E-state index contributed by atoms with van der Waals surface area (Å²) in [5, 5.41) is 5.77. The van der Waals surface area contributed by atoms with Gasteiger partial charge in [0.2, 0.25) is 0 Å². The third kappa shape index (κ3) is 3.47. The Morgan fingerprint density at radius 3 is 2.76 bits per heavy atom. The largest absolute Gasteiger partial charge is 0.397 e. The Hall–Kier alpha value is -3.26. The molecule has 3 N–H and O–H groups in total. The summed E-state index contributed by atoms with van der Waals surface area (Å²) in [4.78, 5) is 26.7. The van der Waals surface area contributed by atoms with Crippen molar-refractivity contribution in [2.24, 2.45) is 0 Å². The fraction of sp³-hybridized carbons (Fsp3) is 0.238. The molecule has 3 aromatic heterocycles. The van der Waals surface area contributed by atoms with Gasteiger partial charge in [-0.05, 0) is 24.8 Å². The number of hydrogen-bond donors (Lipinski definition) is 2. The van der Waals surface area contributed by atoms with Crippen molar-refractivity contribution in [2.45, 2.75) is 25.3 Å². The molecule has 146 valence electrons. The molecule has 4 aromatic rings. The zero-order chi connectivity index (χ0) is 19.8. The van der Waals surface area contributed by atoms with Crippen molar-refractivity contribution < 1.29 is 0 Å². The summed E-state index contributed by atoms with van der Waals surface area (Å²) in [5.41, 5.74) is 9.37. The summed E-state index contributed by atoms with van der Waals surface area (Å²) in [6.45, 7) is 0.722. The molecule has 0 radical (unpaired) electrons. The van der Waals surface area contributed by atoms with Crippen LogP contribution >= 0.6 is 11.3 Å². The van der Waals surface area contributed by atoms with Gasteiger partial charge in [-0.2, -0.15) is 0 Å². The minimum Gasteiger partial charge on any atom is -0.397 e. The maximum Gasteiger partial charge on any atom is 0.281 e. The molecular formula is C21H20N6OS. The van der Waals surface area contributed by atoms with Crippen LogP contribution in [0.1, 0.15) is 24.4 Å². The Balaban J connectivity index is 1.53. The van der Waals surface area contributed by atoms with E-state index in [0.717, 1.165) is 25.8 Å². The van der Waals surface area contributed by atoms with Gasteiger partial charge in [0.1, 0.15) is 16.3 Å². The quantitative estimate of drug-likeness (QED) is 0.510. The van der Waals surface area contributed by atoms with Crippen molar-refractivity contribution in [2.75, 3.05) is 17.6 Å². The van der Waals surface area contributed by atoms with Crippen LogP contribution in [0.5, 0.6) is 0 Å². The predicted octanol–water partition coefficient (Wildman–Crippen LogP) is 3.49. The average Bonchev–Trinajstić information content (AvgIpc) is 3.41. The van der Waals surface area contributed by atoms with E-state index in [1.54, 1.807) is 16.8 Å². The summed E-state index contributed by atoms with van der Waals surface area (Å²) in [6, 6.07) is 12.2. The number of anilines is 2. The molecule has 5 rings (SSSR count). The van der Waals surface area contributed by atoms with E-state index in [1.165, 1.54) is 16.9 Å². The molecule has 0 amide bonds. The molecular weight excluding hydrogens is 384 g/mol. The molecule has 0 saturated heterocycles.